The van der Waals surface area contributed by atoms with E-state index in [4.69, 9.17) is 9.16 Å². The van der Waals surface area contributed by atoms with Crippen LogP contribution < -0.4 is 0 Å². The molecule has 0 saturated heterocycles. The summed E-state index contributed by atoms with van der Waals surface area (Å²) in [7, 11) is -1.72. The van der Waals surface area contributed by atoms with E-state index in [1.54, 1.807) is 0 Å². The van der Waals surface area contributed by atoms with Crippen LogP contribution in [0.3, 0.4) is 0 Å². The first-order chi connectivity index (χ1) is 11.2. The summed E-state index contributed by atoms with van der Waals surface area (Å²) in [6, 6.07) is 10.1. The highest BCUT2D eigenvalue weighted by Gasteiger charge is 2.47. The number of allylic oxidation sites excluding steroid dienone is 2. The van der Waals surface area contributed by atoms with Crippen molar-refractivity contribution in [1.29, 1.82) is 0 Å². The van der Waals surface area contributed by atoms with Crippen LogP contribution in [0, 0.1) is 5.41 Å². The van der Waals surface area contributed by atoms with Crippen LogP contribution in [-0.2, 0) is 14.0 Å². The maximum Gasteiger partial charge on any atom is 0.316 e. The van der Waals surface area contributed by atoms with Crippen molar-refractivity contribution < 1.29 is 14.0 Å². The molecule has 1 aromatic carbocycles. The van der Waals surface area contributed by atoms with Crippen molar-refractivity contribution >= 4 is 14.3 Å². The molecular weight excluding hydrogens is 316 g/mol. The Kier molecular flexibility index (Phi) is 5.38. The van der Waals surface area contributed by atoms with Crippen molar-refractivity contribution in [2.75, 3.05) is 6.61 Å². The van der Waals surface area contributed by atoms with E-state index in [0.717, 1.165) is 16.9 Å². The number of esters is 1. The maximum absolute atomic E-state index is 12.8. The minimum atomic E-state index is -1.72. The fourth-order valence-electron chi connectivity index (χ4n) is 3.13. The third-order valence-electron chi connectivity index (χ3n) is 4.39. The molecule has 1 aliphatic carbocycles. The second kappa shape index (κ2) is 6.97. The first kappa shape index (κ1) is 18.5. The van der Waals surface area contributed by atoms with Crippen molar-refractivity contribution in [3.8, 4) is 0 Å². The fourth-order valence-corrected chi connectivity index (χ4v) is 4.06. The predicted molar refractivity (Wildman–Crippen MR) is 100 cm³/mol. The zero-order valence-corrected chi connectivity index (χ0v) is 16.4. The van der Waals surface area contributed by atoms with Crippen molar-refractivity contribution in [2.24, 2.45) is 5.41 Å². The summed E-state index contributed by atoms with van der Waals surface area (Å²) < 4.78 is 11.6. The van der Waals surface area contributed by atoms with Crippen molar-refractivity contribution in [3.05, 3.63) is 59.9 Å². The lowest BCUT2D eigenvalue weighted by molar-refractivity contribution is -0.153. The Balaban J connectivity index is 2.51. The molecule has 0 amide bonds. The Hall–Kier alpha value is -1.81. The molecule has 0 radical (unpaired) electrons. The van der Waals surface area contributed by atoms with E-state index in [1.165, 1.54) is 0 Å². The number of rotatable bonds is 5. The minimum absolute atomic E-state index is 0.134. The van der Waals surface area contributed by atoms with Gasteiger partial charge in [-0.1, -0.05) is 42.5 Å². The van der Waals surface area contributed by atoms with Crippen LogP contribution in [-0.4, -0.2) is 20.9 Å². The molecule has 2 atom stereocenters. The van der Waals surface area contributed by atoms with Gasteiger partial charge in [0.1, 0.15) is 0 Å². The Bertz CT molecular complexity index is 643. The molecule has 0 saturated carbocycles. The van der Waals surface area contributed by atoms with E-state index in [1.807, 2.05) is 44.2 Å². The molecule has 24 heavy (non-hydrogen) atoms. The van der Waals surface area contributed by atoms with Gasteiger partial charge in [-0.15, -0.1) is 0 Å². The van der Waals surface area contributed by atoms with Gasteiger partial charge in [-0.05, 0) is 45.1 Å². The molecule has 1 aromatic rings. The van der Waals surface area contributed by atoms with E-state index >= 15 is 0 Å². The molecule has 0 spiro atoms. The molecule has 0 aromatic heterocycles. The van der Waals surface area contributed by atoms with Crippen LogP contribution >= 0.6 is 0 Å². The Morgan fingerprint density at radius 3 is 2.46 bits per heavy atom. The maximum atomic E-state index is 12.8. The van der Waals surface area contributed by atoms with E-state index in [0.29, 0.717) is 13.0 Å². The highest BCUT2D eigenvalue weighted by Crippen LogP contribution is 2.49. The lowest BCUT2D eigenvalue weighted by Crippen LogP contribution is -2.40. The SMILES string of the molecule is C=C1CC(O[Si](C)(C)C)=C[C@@H](c2ccccc2)[C@]1(C)C(=O)OCC. The standard InChI is InChI=1S/C20H28O3Si/c1-7-22-19(21)20(3)15(2)13-17(23-24(4,5)6)14-18(20)16-11-9-8-10-12-16/h8-12,14,18H,2,7,13H2,1,3-6H3/t18-,20+/m0/s1. The van der Waals surface area contributed by atoms with Gasteiger partial charge < -0.3 is 9.16 Å². The zero-order chi connectivity index (χ0) is 18.0. The van der Waals surface area contributed by atoms with Gasteiger partial charge in [0.15, 0.2) is 0 Å². The summed E-state index contributed by atoms with van der Waals surface area (Å²) in [5, 5.41) is 0. The number of hydrogen-bond donors (Lipinski definition) is 0. The first-order valence-electron chi connectivity index (χ1n) is 8.48. The second-order valence-corrected chi connectivity index (χ2v) is 11.9. The van der Waals surface area contributed by atoms with E-state index in [-0.39, 0.29) is 11.9 Å². The van der Waals surface area contributed by atoms with Crippen LogP contribution in [0.5, 0.6) is 0 Å². The van der Waals surface area contributed by atoms with Gasteiger partial charge in [-0.3, -0.25) is 4.79 Å². The van der Waals surface area contributed by atoms with Gasteiger partial charge in [0.2, 0.25) is 8.32 Å². The largest absolute Gasteiger partial charge is 0.547 e. The van der Waals surface area contributed by atoms with Gasteiger partial charge in [-0.25, -0.2) is 0 Å². The Labute approximate surface area is 146 Å². The van der Waals surface area contributed by atoms with Gasteiger partial charge in [-0.2, -0.15) is 0 Å². The summed E-state index contributed by atoms with van der Waals surface area (Å²) in [5.41, 5.74) is 1.15. The lowest BCUT2D eigenvalue weighted by atomic mass is 9.65. The molecule has 0 N–H and O–H groups in total. The fraction of sp³-hybridized carbons (Fsp3) is 0.450. The normalized spacial score (nSPS) is 24.3. The Morgan fingerprint density at radius 2 is 1.92 bits per heavy atom. The van der Waals surface area contributed by atoms with Crippen molar-refractivity contribution in [2.45, 2.75) is 45.8 Å². The number of hydrogen-bond acceptors (Lipinski definition) is 3. The number of benzene rings is 1. The van der Waals surface area contributed by atoms with Gasteiger partial charge >= 0.3 is 5.97 Å². The number of carbonyl (C=O) groups excluding carboxylic acids is 1. The van der Waals surface area contributed by atoms with Gasteiger partial charge in [0.05, 0.1) is 17.8 Å². The monoisotopic (exact) mass is 344 g/mol. The quantitative estimate of drug-likeness (QED) is 0.427. The first-order valence-corrected chi connectivity index (χ1v) is 11.9. The summed E-state index contributed by atoms with van der Waals surface area (Å²) >= 11 is 0. The average Bonchev–Trinajstić information content (AvgIpc) is 2.50. The van der Waals surface area contributed by atoms with Crippen LogP contribution in [0.1, 0.15) is 31.7 Å². The Morgan fingerprint density at radius 1 is 1.29 bits per heavy atom. The molecule has 0 fully saturated rings. The minimum Gasteiger partial charge on any atom is -0.547 e. The lowest BCUT2D eigenvalue weighted by Gasteiger charge is -2.41. The van der Waals surface area contributed by atoms with Crippen LogP contribution in [0.2, 0.25) is 19.6 Å². The predicted octanol–water partition coefficient (Wildman–Crippen LogP) is 5.03. The topological polar surface area (TPSA) is 35.5 Å². The number of carbonyl (C=O) groups is 1. The molecule has 0 unspecified atom stereocenters. The third kappa shape index (κ3) is 3.81. The molecule has 3 nitrogen and oxygen atoms in total. The molecule has 1 aliphatic rings. The van der Waals surface area contributed by atoms with E-state index in [2.05, 4.69) is 32.3 Å². The van der Waals surface area contributed by atoms with E-state index < -0.39 is 13.7 Å². The second-order valence-electron chi connectivity index (χ2n) is 7.44. The van der Waals surface area contributed by atoms with Gasteiger partial charge in [0.25, 0.3) is 0 Å². The molecule has 130 valence electrons. The smallest absolute Gasteiger partial charge is 0.316 e. The summed E-state index contributed by atoms with van der Waals surface area (Å²) in [4.78, 5) is 12.8. The molecule has 0 bridgehead atoms. The van der Waals surface area contributed by atoms with Crippen LogP contribution in [0.15, 0.2) is 54.3 Å². The van der Waals surface area contributed by atoms with Crippen molar-refractivity contribution in [3.63, 3.8) is 0 Å². The zero-order valence-electron chi connectivity index (χ0n) is 15.4. The summed E-state index contributed by atoms with van der Waals surface area (Å²) in [6.07, 6.45) is 2.68. The average molecular weight is 345 g/mol. The van der Waals surface area contributed by atoms with Gasteiger partial charge in [0, 0.05) is 12.3 Å². The van der Waals surface area contributed by atoms with Crippen molar-refractivity contribution in [1.82, 2.24) is 0 Å². The highest BCUT2D eigenvalue weighted by molar-refractivity contribution is 6.70. The molecule has 4 heteroatoms. The molecule has 0 heterocycles. The summed E-state index contributed by atoms with van der Waals surface area (Å²) in [5.74, 6) is 0.576. The van der Waals surface area contributed by atoms with Crippen LogP contribution in [0.4, 0.5) is 0 Å². The molecule has 2 rings (SSSR count). The molecule has 0 aliphatic heterocycles. The van der Waals surface area contributed by atoms with E-state index in [9.17, 15) is 4.79 Å². The number of ether oxygens (including phenoxy) is 1. The summed E-state index contributed by atoms with van der Waals surface area (Å²) in [6.45, 7) is 14.8. The molecular formula is C20H28O3Si. The third-order valence-corrected chi connectivity index (χ3v) is 5.27. The highest BCUT2D eigenvalue weighted by atomic mass is 28.4. The van der Waals surface area contributed by atoms with Crippen LogP contribution in [0.25, 0.3) is 0 Å².